The molecule has 2 saturated heterocycles. The highest BCUT2D eigenvalue weighted by Gasteiger charge is 2.43. The van der Waals surface area contributed by atoms with E-state index in [-0.39, 0.29) is 5.91 Å². The first kappa shape index (κ1) is 21.4. The zero-order valence-electron chi connectivity index (χ0n) is 18.9. The van der Waals surface area contributed by atoms with E-state index < -0.39 is 0 Å². The van der Waals surface area contributed by atoms with Gasteiger partial charge in [0.2, 0.25) is 0 Å². The number of rotatable bonds is 6. The second kappa shape index (κ2) is 9.19. The van der Waals surface area contributed by atoms with Gasteiger partial charge in [-0.2, -0.15) is 10.2 Å². The summed E-state index contributed by atoms with van der Waals surface area (Å²) in [5.41, 5.74) is 3.71. The molecular weight excluding hydrogens is 414 g/mol. The van der Waals surface area contributed by atoms with E-state index in [0.717, 1.165) is 24.3 Å². The van der Waals surface area contributed by atoms with Crippen molar-refractivity contribution in [3.63, 3.8) is 0 Å². The monoisotopic (exact) mass is 443 g/mol. The minimum Gasteiger partial charge on any atom is -0.488 e. The van der Waals surface area contributed by atoms with Gasteiger partial charge in [-0.3, -0.25) is 4.79 Å². The summed E-state index contributed by atoms with van der Waals surface area (Å²) in [5, 5.41) is 10.5. The topological polar surface area (TPSA) is 70.6 Å². The van der Waals surface area contributed by atoms with Gasteiger partial charge < -0.3 is 19.9 Å². The predicted molar refractivity (Wildman–Crippen MR) is 129 cm³/mol. The number of anilines is 2. The molecule has 0 bridgehead atoms. The van der Waals surface area contributed by atoms with Gasteiger partial charge in [0, 0.05) is 31.9 Å². The van der Waals surface area contributed by atoms with Crippen LogP contribution >= 0.6 is 0 Å². The van der Waals surface area contributed by atoms with Crippen LogP contribution in [0.4, 0.5) is 11.4 Å². The van der Waals surface area contributed by atoms with Crippen molar-refractivity contribution in [3.05, 3.63) is 78.1 Å². The Morgan fingerprint density at radius 1 is 1.06 bits per heavy atom. The Balaban J connectivity index is 1.35. The normalized spacial score (nSPS) is 17.4. The number of nitrogens with one attached hydrogen (secondary N) is 1. The Bertz CT molecular complexity index is 1090. The molecule has 1 N–H and O–H groups in total. The van der Waals surface area contributed by atoms with Crippen LogP contribution in [0.2, 0.25) is 0 Å². The first-order valence-electron chi connectivity index (χ1n) is 11.4. The van der Waals surface area contributed by atoms with E-state index >= 15 is 0 Å². The summed E-state index contributed by atoms with van der Waals surface area (Å²) in [5.74, 6) is 0.346. The molecule has 0 saturated carbocycles. The lowest BCUT2D eigenvalue weighted by Gasteiger charge is -2.53. The summed E-state index contributed by atoms with van der Waals surface area (Å²) in [6.07, 6.45) is 5.47. The van der Waals surface area contributed by atoms with E-state index in [1.165, 1.54) is 32.1 Å². The number of hydrogen-bond acceptors (Lipinski definition) is 6. The summed E-state index contributed by atoms with van der Waals surface area (Å²) in [6, 6.07) is 17.6. The van der Waals surface area contributed by atoms with Gasteiger partial charge in [0.25, 0.3) is 5.91 Å². The van der Waals surface area contributed by atoms with Gasteiger partial charge in [-0.1, -0.05) is 30.3 Å². The van der Waals surface area contributed by atoms with E-state index in [1.54, 1.807) is 12.3 Å². The second-order valence-electron chi connectivity index (χ2n) is 9.20. The predicted octanol–water partition coefficient (Wildman–Crippen LogP) is 3.84. The van der Waals surface area contributed by atoms with Crippen LogP contribution in [0.1, 0.15) is 28.8 Å². The molecule has 5 rings (SSSR count). The number of aromatic nitrogens is 2. The van der Waals surface area contributed by atoms with E-state index in [9.17, 15) is 4.79 Å². The molecule has 3 aromatic rings. The van der Waals surface area contributed by atoms with Crippen molar-refractivity contribution in [1.82, 2.24) is 15.1 Å². The van der Waals surface area contributed by atoms with Crippen molar-refractivity contribution in [1.29, 1.82) is 0 Å². The largest absolute Gasteiger partial charge is 0.488 e. The highest BCUT2D eigenvalue weighted by atomic mass is 16.5. The van der Waals surface area contributed by atoms with Crippen LogP contribution < -0.4 is 15.0 Å². The van der Waals surface area contributed by atoms with Crippen LogP contribution in [0.5, 0.6) is 5.75 Å². The maximum absolute atomic E-state index is 13.2. The fraction of sp³-hybridized carbons (Fsp3) is 0.346. The molecule has 170 valence electrons. The van der Waals surface area contributed by atoms with E-state index in [2.05, 4.69) is 38.4 Å². The Morgan fingerprint density at radius 2 is 1.85 bits per heavy atom. The van der Waals surface area contributed by atoms with Gasteiger partial charge in [-0.25, -0.2) is 0 Å². The van der Waals surface area contributed by atoms with Crippen LogP contribution in [0.25, 0.3) is 0 Å². The molecule has 0 atom stereocenters. The molecule has 1 spiro atoms. The zero-order chi connectivity index (χ0) is 22.7. The fourth-order valence-electron chi connectivity index (χ4n) is 4.97. The molecule has 2 aliphatic rings. The summed E-state index contributed by atoms with van der Waals surface area (Å²) in [6.45, 7) is 4.80. The minimum atomic E-state index is -0.220. The molecule has 1 aromatic heterocycles. The van der Waals surface area contributed by atoms with Crippen LogP contribution in [-0.4, -0.2) is 54.2 Å². The molecule has 0 aliphatic carbocycles. The number of carbonyl (C=O) groups is 1. The number of piperidine rings is 1. The third-order valence-corrected chi connectivity index (χ3v) is 6.69. The molecule has 2 aromatic carbocycles. The van der Waals surface area contributed by atoms with Crippen LogP contribution in [0.15, 0.2) is 67.0 Å². The van der Waals surface area contributed by atoms with Crippen molar-refractivity contribution in [2.24, 2.45) is 5.41 Å². The van der Waals surface area contributed by atoms with Gasteiger partial charge >= 0.3 is 0 Å². The molecule has 1 amide bonds. The summed E-state index contributed by atoms with van der Waals surface area (Å²) >= 11 is 0. The summed E-state index contributed by atoms with van der Waals surface area (Å²) in [7, 11) is 2.19. The van der Waals surface area contributed by atoms with Crippen molar-refractivity contribution in [2.45, 2.75) is 19.4 Å². The number of likely N-dealkylation sites (tertiary alicyclic amines) is 1. The zero-order valence-corrected chi connectivity index (χ0v) is 18.9. The summed E-state index contributed by atoms with van der Waals surface area (Å²) < 4.78 is 6.08. The Kier molecular flexibility index (Phi) is 5.96. The van der Waals surface area contributed by atoms with Crippen molar-refractivity contribution in [3.8, 4) is 5.75 Å². The van der Waals surface area contributed by atoms with Gasteiger partial charge in [0.1, 0.15) is 12.4 Å². The molecule has 7 heteroatoms. The molecule has 2 aliphatic heterocycles. The molecule has 2 fully saturated rings. The first-order valence-corrected chi connectivity index (χ1v) is 11.4. The number of amides is 1. The Morgan fingerprint density at radius 3 is 2.55 bits per heavy atom. The molecule has 0 radical (unpaired) electrons. The Labute approximate surface area is 194 Å². The minimum absolute atomic E-state index is 0.220. The Hall–Kier alpha value is -3.45. The third-order valence-electron chi connectivity index (χ3n) is 6.69. The van der Waals surface area contributed by atoms with Gasteiger partial charge in [-0.15, -0.1) is 0 Å². The smallest absolute Gasteiger partial charge is 0.259 e. The van der Waals surface area contributed by atoms with Crippen molar-refractivity contribution in [2.75, 3.05) is 43.4 Å². The van der Waals surface area contributed by atoms with E-state index in [0.29, 0.717) is 29.0 Å². The maximum atomic E-state index is 13.2. The number of benzene rings is 2. The number of carbonyl (C=O) groups excluding carboxylic acids is 1. The lowest BCUT2D eigenvalue weighted by Crippen LogP contribution is -2.58. The molecular formula is C26H29N5O2. The van der Waals surface area contributed by atoms with Gasteiger partial charge in [0.15, 0.2) is 0 Å². The average molecular weight is 444 g/mol. The average Bonchev–Trinajstić information content (AvgIpc) is 2.84. The quantitative estimate of drug-likeness (QED) is 0.624. The van der Waals surface area contributed by atoms with Gasteiger partial charge in [-0.05, 0) is 55.1 Å². The highest BCUT2D eigenvalue weighted by molar-refractivity contribution is 6.06. The molecule has 0 unspecified atom stereocenters. The van der Waals surface area contributed by atoms with Crippen LogP contribution in [0, 0.1) is 5.41 Å². The van der Waals surface area contributed by atoms with E-state index in [1.807, 2.05) is 42.5 Å². The summed E-state index contributed by atoms with van der Waals surface area (Å²) in [4.78, 5) is 18.0. The second-order valence-corrected chi connectivity index (χ2v) is 9.20. The SMILES string of the molecule is CN1CC2(CCN(c3ccc(OCc4ccccc4)c(C(=O)Nc4ccnnc4)c3)CC2)C1. The lowest BCUT2D eigenvalue weighted by atomic mass is 9.72. The molecule has 3 heterocycles. The number of ether oxygens (including phenoxy) is 1. The number of hydrogen-bond donors (Lipinski definition) is 1. The molecule has 7 nitrogen and oxygen atoms in total. The first-order chi connectivity index (χ1) is 16.1. The molecule has 33 heavy (non-hydrogen) atoms. The fourth-order valence-corrected chi connectivity index (χ4v) is 4.97. The van der Waals surface area contributed by atoms with Crippen LogP contribution in [-0.2, 0) is 6.61 Å². The standard InChI is InChI=1S/C26H29N5O2/c1-30-18-26(19-30)10-13-31(14-11-26)22-7-8-24(33-17-20-5-3-2-4-6-20)23(15-22)25(32)29-21-9-12-27-28-16-21/h2-9,12,15-16H,10-11,13-14,17-19H2,1H3,(H,27,29,32). The van der Waals surface area contributed by atoms with Crippen molar-refractivity contribution >= 4 is 17.3 Å². The number of nitrogens with zero attached hydrogens (tertiary/aromatic N) is 4. The highest BCUT2D eigenvalue weighted by Crippen LogP contribution is 2.41. The van der Waals surface area contributed by atoms with E-state index in [4.69, 9.17) is 4.74 Å². The third kappa shape index (κ3) is 4.83. The van der Waals surface area contributed by atoms with Gasteiger partial charge in [0.05, 0.1) is 23.6 Å². The van der Waals surface area contributed by atoms with Crippen molar-refractivity contribution < 1.29 is 9.53 Å². The maximum Gasteiger partial charge on any atom is 0.259 e. The van der Waals surface area contributed by atoms with Crippen LogP contribution in [0.3, 0.4) is 0 Å². The lowest BCUT2D eigenvalue weighted by molar-refractivity contribution is 0.00131.